The number of fused-ring (bicyclic) bond motifs is 13. The third kappa shape index (κ3) is 4.51. The average Bonchev–Trinajstić information content (AvgIpc) is 4.44. The molecular formula is C72H55BN2S. The molecule has 11 aromatic rings. The lowest BCUT2D eigenvalue weighted by molar-refractivity contribution is -0.175. The maximum Gasteiger partial charge on any atom is 0.333 e. The van der Waals surface area contributed by atoms with Crippen molar-refractivity contribution in [3.05, 3.63) is 187 Å². The Kier molecular flexibility index (Phi) is 6.96. The number of hydrogen-bond acceptors (Lipinski definition) is 2. The molecule has 10 aliphatic rings. The van der Waals surface area contributed by atoms with Crippen LogP contribution in [0.25, 0.3) is 91.8 Å². The van der Waals surface area contributed by atoms with Crippen LogP contribution in [-0.2, 0) is 10.8 Å². The number of benzene rings is 9. The van der Waals surface area contributed by atoms with E-state index in [9.17, 15) is 0 Å². The molecule has 4 heterocycles. The van der Waals surface area contributed by atoms with Crippen molar-refractivity contribution in [1.82, 2.24) is 4.57 Å². The molecular weight excluding hydrogens is 936 g/mol. The fraction of sp³-hybridized carbons (Fsp3) is 0.278. The monoisotopic (exact) mass is 990 g/mol. The first-order valence-corrected chi connectivity index (χ1v) is 30.0. The van der Waals surface area contributed by atoms with Gasteiger partial charge in [0.15, 0.2) is 0 Å². The Bertz CT molecular complexity index is 4470. The van der Waals surface area contributed by atoms with Crippen LogP contribution < -0.4 is 15.7 Å². The minimum Gasteiger partial charge on any atom is -0.376 e. The molecule has 0 amide bonds. The van der Waals surface area contributed by atoms with Gasteiger partial charge in [0, 0.05) is 53.6 Å². The number of hydrogen-bond donors (Lipinski definition) is 0. The van der Waals surface area contributed by atoms with Crippen molar-refractivity contribution in [2.75, 3.05) is 4.81 Å². The van der Waals surface area contributed by atoms with Gasteiger partial charge in [-0.3, -0.25) is 0 Å². The van der Waals surface area contributed by atoms with Gasteiger partial charge >= 0.3 is 6.85 Å². The quantitative estimate of drug-likeness (QED) is 0.156. The molecule has 2 aromatic heterocycles. The molecule has 2 aliphatic heterocycles. The highest BCUT2D eigenvalue weighted by molar-refractivity contribution is 7.26. The average molecular weight is 991 g/mol. The summed E-state index contributed by atoms with van der Waals surface area (Å²) in [4.78, 5) is 2.82. The highest BCUT2D eigenvalue weighted by atomic mass is 32.1. The van der Waals surface area contributed by atoms with Crippen molar-refractivity contribution in [3.63, 3.8) is 0 Å². The second-order valence-electron chi connectivity index (χ2n) is 26.8. The summed E-state index contributed by atoms with van der Waals surface area (Å²) in [6.07, 6.45) is 14.5. The summed E-state index contributed by atoms with van der Waals surface area (Å²) in [5.41, 5.74) is 22.8. The Hall–Kier alpha value is -6.88. The van der Waals surface area contributed by atoms with E-state index < -0.39 is 0 Å². The minimum atomic E-state index is -0.0258. The number of thiophene rings is 1. The smallest absolute Gasteiger partial charge is 0.333 e. The Balaban J connectivity index is 0.879. The number of aromatic nitrogens is 1. The van der Waals surface area contributed by atoms with Crippen LogP contribution in [0.1, 0.15) is 75.3 Å². The predicted octanol–water partition coefficient (Wildman–Crippen LogP) is 17.0. The number of nitrogens with zero attached hydrogens (tertiary/aromatic N) is 2. The fourth-order valence-electron chi connectivity index (χ4n) is 21.4. The summed E-state index contributed by atoms with van der Waals surface area (Å²) in [6, 6.07) is 69.9. The summed E-state index contributed by atoms with van der Waals surface area (Å²) in [7, 11) is 0. The van der Waals surface area contributed by atoms with Crippen LogP contribution in [0.15, 0.2) is 176 Å². The lowest BCUT2D eigenvalue weighted by atomic mass is 9.38. The molecule has 8 aliphatic carbocycles. The zero-order valence-corrected chi connectivity index (χ0v) is 43.5. The van der Waals surface area contributed by atoms with Gasteiger partial charge in [0.2, 0.25) is 0 Å². The summed E-state index contributed by atoms with van der Waals surface area (Å²) in [5.74, 6) is 5.78. The molecule has 0 N–H and O–H groups in total. The summed E-state index contributed by atoms with van der Waals surface area (Å²) in [6.45, 7) is -0.0258. The largest absolute Gasteiger partial charge is 0.376 e. The van der Waals surface area contributed by atoms with E-state index in [1.54, 1.807) is 11.1 Å². The van der Waals surface area contributed by atoms with Gasteiger partial charge in [-0.2, -0.15) is 0 Å². The van der Waals surface area contributed by atoms with E-state index in [4.69, 9.17) is 0 Å². The van der Waals surface area contributed by atoms with Crippen LogP contribution in [0.2, 0.25) is 0 Å². The maximum absolute atomic E-state index is 2.84. The van der Waals surface area contributed by atoms with Gasteiger partial charge in [-0.25, -0.2) is 0 Å². The molecule has 4 heteroatoms. The molecule has 0 radical (unpaired) electrons. The van der Waals surface area contributed by atoms with Gasteiger partial charge in [0.05, 0.1) is 11.0 Å². The number of anilines is 2. The SMILES string of the molecule is c1ccc(-c2ccc(N3B4c5c(cc(-c6ccccc6)cc5-n5c6ccc(C78CC9CC%10CC(C7)C%109C8)cc6c6cc(C78CC9CC%10CC(C7)C%109C8)cc4c65)-c4cc5c(cc43)sc3cc4ccccc4cc35)cc2)cc1. The molecule has 76 heavy (non-hydrogen) atoms. The minimum absolute atomic E-state index is 0.0258. The predicted molar refractivity (Wildman–Crippen MR) is 316 cm³/mol. The van der Waals surface area contributed by atoms with Gasteiger partial charge in [-0.1, -0.05) is 109 Å². The molecule has 4 atom stereocenters. The van der Waals surface area contributed by atoms with E-state index in [2.05, 4.69) is 185 Å². The zero-order chi connectivity index (χ0) is 48.8. The van der Waals surface area contributed by atoms with Crippen molar-refractivity contribution >= 4 is 93.2 Å². The van der Waals surface area contributed by atoms with Crippen molar-refractivity contribution in [2.24, 2.45) is 46.3 Å². The van der Waals surface area contributed by atoms with Gasteiger partial charge in [-0.05, 0) is 249 Å². The molecule has 9 aromatic carbocycles. The van der Waals surface area contributed by atoms with E-state index in [1.165, 1.54) is 178 Å². The molecule has 8 saturated carbocycles. The third-order valence-electron chi connectivity index (χ3n) is 24.4. The third-order valence-corrected chi connectivity index (χ3v) is 25.5. The van der Waals surface area contributed by atoms with E-state index in [-0.39, 0.29) is 12.3 Å². The molecule has 21 rings (SSSR count). The molecule has 2 spiro atoms. The standard InChI is InChI=1S/C72H55BN2S/c1-3-9-40(10-4-1)42-15-18-54(19-16-42)75-63-33-66-58(57-21-43-13-7-8-14-44(43)24-65(57)76-66)32-56(63)59-22-45(41-11-5-2-6-12-41)23-64-67(59)73(75)61-31-47(70-36-52-27-49-28-53(37-70)72(49,52)39-70)30-60-55-29-46(17-20-62(55)74(64)68(60)61)69-34-50-25-48-26-51(35-69)71(48,50)38-69/h1-24,29-33,48-53H,25-28,34-39H2. The fourth-order valence-corrected chi connectivity index (χ4v) is 22.6. The van der Waals surface area contributed by atoms with Crippen LogP contribution in [0.5, 0.6) is 0 Å². The maximum atomic E-state index is 2.84. The highest BCUT2D eigenvalue weighted by Crippen LogP contribution is 2.86. The van der Waals surface area contributed by atoms with E-state index in [0.29, 0.717) is 16.2 Å². The normalized spacial score (nSPS) is 31.6. The summed E-state index contributed by atoms with van der Waals surface area (Å²) >= 11 is 1.97. The van der Waals surface area contributed by atoms with E-state index in [0.717, 1.165) is 35.5 Å². The van der Waals surface area contributed by atoms with Crippen molar-refractivity contribution < 1.29 is 0 Å². The zero-order valence-electron chi connectivity index (χ0n) is 42.7. The first-order chi connectivity index (χ1) is 37.4. The second-order valence-corrected chi connectivity index (χ2v) is 27.9. The van der Waals surface area contributed by atoms with Crippen molar-refractivity contribution in [2.45, 2.75) is 75.0 Å². The van der Waals surface area contributed by atoms with Gasteiger partial charge in [-0.15, -0.1) is 11.3 Å². The first-order valence-electron chi connectivity index (χ1n) is 29.1. The van der Waals surface area contributed by atoms with Gasteiger partial charge in [0.1, 0.15) is 0 Å². The van der Waals surface area contributed by atoms with E-state index in [1.807, 2.05) is 11.3 Å². The number of rotatable bonds is 5. The van der Waals surface area contributed by atoms with Crippen LogP contribution in [0, 0.1) is 46.3 Å². The van der Waals surface area contributed by atoms with Crippen molar-refractivity contribution in [3.8, 4) is 39.1 Å². The molecule has 362 valence electrons. The summed E-state index contributed by atoms with van der Waals surface area (Å²) in [5, 5.41) is 8.34. The van der Waals surface area contributed by atoms with Gasteiger partial charge < -0.3 is 9.38 Å². The second kappa shape index (κ2) is 13.1. The molecule has 4 bridgehead atoms. The Morgan fingerprint density at radius 3 is 1.70 bits per heavy atom. The molecule has 8 fully saturated rings. The van der Waals surface area contributed by atoms with Crippen molar-refractivity contribution in [1.29, 1.82) is 0 Å². The Labute approximate surface area is 447 Å². The lowest BCUT2D eigenvalue weighted by Gasteiger charge is -2.66. The highest BCUT2D eigenvalue weighted by Gasteiger charge is 2.78. The van der Waals surface area contributed by atoms with Crippen LogP contribution in [0.4, 0.5) is 11.4 Å². The molecule has 0 saturated heterocycles. The summed E-state index contributed by atoms with van der Waals surface area (Å²) < 4.78 is 5.52. The lowest BCUT2D eigenvalue weighted by Crippen LogP contribution is -2.61. The topological polar surface area (TPSA) is 8.17 Å². The van der Waals surface area contributed by atoms with E-state index >= 15 is 0 Å². The molecule has 2 nitrogen and oxygen atoms in total. The van der Waals surface area contributed by atoms with Gasteiger partial charge in [0.25, 0.3) is 0 Å². The van der Waals surface area contributed by atoms with Crippen LogP contribution in [0.3, 0.4) is 0 Å². The Morgan fingerprint density at radius 1 is 0.434 bits per heavy atom. The van der Waals surface area contributed by atoms with Crippen LogP contribution in [-0.4, -0.2) is 11.4 Å². The Morgan fingerprint density at radius 2 is 1.03 bits per heavy atom. The molecule has 4 unspecified atom stereocenters. The first kappa shape index (κ1) is 40.4. The van der Waals surface area contributed by atoms with Crippen LogP contribution >= 0.6 is 11.3 Å².